The summed E-state index contributed by atoms with van der Waals surface area (Å²) in [5.74, 6) is -0.287. The predicted octanol–water partition coefficient (Wildman–Crippen LogP) is 0.935. The lowest BCUT2D eigenvalue weighted by molar-refractivity contribution is 0.0696. The number of carbonyl (C=O) groups is 1. The van der Waals surface area contributed by atoms with Crippen molar-refractivity contribution in [3.8, 4) is 0 Å². The number of aromatic nitrogens is 2. The van der Waals surface area contributed by atoms with Crippen LogP contribution < -0.4 is 0 Å². The maximum absolute atomic E-state index is 11.5. The molecule has 1 N–H and O–H groups in total. The zero-order chi connectivity index (χ0) is 13.6. The highest BCUT2D eigenvalue weighted by Gasteiger charge is 2.31. The lowest BCUT2D eigenvalue weighted by atomic mass is 10.1. The molecule has 0 aliphatic carbocycles. The van der Waals surface area contributed by atoms with Gasteiger partial charge >= 0.3 is 5.97 Å². The molecule has 1 saturated heterocycles. The highest BCUT2D eigenvalue weighted by Crippen LogP contribution is 2.28. The number of carboxylic acid groups (broad SMARTS) is 1. The third-order valence-electron chi connectivity index (χ3n) is 3.40. The van der Waals surface area contributed by atoms with Crippen LogP contribution in [0.15, 0.2) is 24.5 Å². The quantitative estimate of drug-likeness (QED) is 0.884. The van der Waals surface area contributed by atoms with E-state index in [1.165, 1.54) is 12.3 Å². The second-order valence-electron chi connectivity index (χ2n) is 4.73. The molecule has 1 unspecified atom stereocenters. The van der Waals surface area contributed by atoms with Crippen LogP contribution in [0.1, 0.15) is 28.5 Å². The van der Waals surface area contributed by atoms with E-state index in [1.807, 2.05) is 0 Å². The molecule has 1 aliphatic rings. The van der Waals surface area contributed by atoms with E-state index in [0.717, 1.165) is 5.52 Å². The number of rotatable bonds is 2. The van der Waals surface area contributed by atoms with Crippen molar-refractivity contribution in [2.75, 3.05) is 11.5 Å². The minimum atomic E-state index is -2.99. The summed E-state index contributed by atoms with van der Waals surface area (Å²) in [4.78, 5) is 15.2. The first-order valence-electron chi connectivity index (χ1n) is 5.87. The normalized spacial score (nSPS) is 21.8. The van der Waals surface area contributed by atoms with Gasteiger partial charge in [-0.1, -0.05) is 0 Å². The SMILES string of the molecule is O=C(O)c1ccc2cnc(C3CCS(=O)(=O)C3)n2c1. The van der Waals surface area contributed by atoms with Gasteiger partial charge in [-0.05, 0) is 18.6 Å². The van der Waals surface area contributed by atoms with E-state index < -0.39 is 15.8 Å². The van der Waals surface area contributed by atoms with Crippen LogP contribution in [-0.4, -0.2) is 40.4 Å². The number of nitrogens with zero attached hydrogens (tertiary/aromatic N) is 2. The molecular formula is C12H12N2O4S. The number of imidazole rings is 1. The van der Waals surface area contributed by atoms with Gasteiger partial charge in [-0.3, -0.25) is 0 Å². The molecule has 0 radical (unpaired) electrons. The Morgan fingerprint density at radius 3 is 2.84 bits per heavy atom. The second kappa shape index (κ2) is 4.06. The van der Waals surface area contributed by atoms with E-state index in [4.69, 9.17) is 5.11 Å². The Bertz CT molecular complexity index is 763. The van der Waals surface area contributed by atoms with Gasteiger partial charge < -0.3 is 9.51 Å². The molecule has 1 fully saturated rings. The molecule has 2 aromatic rings. The fourth-order valence-corrected chi connectivity index (χ4v) is 4.18. The van der Waals surface area contributed by atoms with E-state index in [9.17, 15) is 13.2 Å². The Balaban J connectivity index is 2.09. The van der Waals surface area contributed by atoms with Crippen LogP contribution >= 0.6 is 0 Å². The van der Waals surface area contributed by atoms with Gasteiger partial charge in [0, 0.05) is 12.1 Å². The largest absolute Gasteiger partial charge is 0.478 e. The first kappa shape index (κ1) is 12.2. The third-order valence-corrected chi connectivity index (χ3v) is 5.17. The van der Waals surface area contributed by atoms with Gasteiger partial charge in [0.15, 0.2) is 9.84 Å². The van der Waals surface area contributed by atoms with E-state index >= 15 is 0 Å². The van der Waals surface area contributed by atoms with Crippen molar-refractivity contribution in [1.29, 1.82) is 0 Å². The van der Waals surface area contributed by atoms with Crippen molar-refractivity contribution in [1.82, 2.24) is 9.38 Å². The Labute approximate surface area is 109 Å². The van der Waals surface area contributed by atoms with Crippen LogP contribution in [0.5, 0.6) is 0 Å². The van der Waals surface area contributed by atoms with E-state index in [1.54, 1.807) is 16.7 Å². The number of hydrogen-bond acceptors (Lipinski definition) is 4. The summed E-state index contributed by atoms with van der Waals surface area (Å²) >= 11 is 0. The molecule has 19 heavy (non-hydrogen) atoms. The lowest BCUT2D eigenvalue weighted by Crippen LogP contribution is -2.08. The lowest BCUT2D eigenvalue weighted by Gasteiger charge is -2.07. The number of pyridine rings is 1. The van der Waals surface area contributed by atoms with Crippen LogP contribution in [-0.2, 0) is 9.84 Å². The third kappa shape index (κ3) is 2.10. The van der Waals surface area contributed by atoms with Gasteiger partial charge in [0.05, 0.1) is 28.8 Å². The van der Waals surface area contributed by atoms with Gasteiger partial charge in [0.2, 0.25) is 0 Å². The van der Waals surface area contributed by atoms with Crippen molar-refractivity contribution >= 4 is 21.3 Å². The van der Waals surface area contributed by atoms with Crippen molar-refractivity contribution in [2.24, 2.45) is 0 Å². The van der Waals surface area contributed by atoms with Crippen LogP contribution in [0, 0.1) is 0 Å². The second-order valence-corrected chi connectivity index (χ2v) is 6.96. The van der Waals surface area contributed by atoms with Gasteiger partial charge in [-0.2, -0.15) is 0 Å². The molecule has 7 heteroatoms. The number of aromatic carboxylic acids is 1. The highest BCUT2D eigenvalue weighted by molar-refractivity contribution is 7.91. The molecule has 3 heterocycles. The van der Waals surface area contributed by atoms with Gasteiger partial charge in [0.1, 0.15) is 5.82 Å². The number of fused-ring (bicyclic) bond motifs is 1. The fourth-order valence-electron chi connectivity index (χ4n) is 2.44. The Hall–Kier alpha value is -1.89. The zero-order valence-electron chi connectivity index (χ0n) is 9.98. The molecular weight excluding hydrogens is 268 g/mol. The molecule has 1 aliphatic heterocycles. The zero-order valence-corrected chi connectivity index (χ0v) is 10.8. The molecule has 1 atom stereocenters. The van der Waals surface area contributed by atoms with Crippen LogP contribution in [0.25, 0.3) is 5.52 Å². The van der Waals surface area contributed by atoms with Crippen LogP contribution in [0.4, 0.5) is 0 Å². The maximum Gasteiger partial charge on any atom is 0.337 e. The molecule has 0 saturated carbocycles. The van der Waals surface area contributed by atoms with E-state index in [2.05, 4.69) is 4.98 Å². The fraction of sp³-hybridized carbons (Fsp3) is 0.333. The molecule has 100 valence electrons. The summed E-state index contributed by atoms with van der Waals surface area (Å²) in [6.07, 6.45) is 3.66. The number of hydrogen-bond donors (Lipinski definition) is 1. The Morgan fingerprint density at radius 2 is 2.21 bits per heavy atom. The van der Waals surface area contributed by atoms with Gasteiger partial charge in [0.25, 0.3) is 0 Å². The van der Waals surface area contributed by atoms with E-state index in [0.29, 0.717) is 12.2 Å². The number of carboxylic acids is 1. The van der Waals surface area contributed by atoms with Gasteiger partial charge in [-0.25, -0.2) is 18.2 Å². The first-order chi connectivity index (χ1) is 8.96. The average molecular weight is 280 g/mol. The van der Waals surface area contributed by atoms with Gasteiger partial charge in [-0.15, -0.1) is 0 Å². The first-order valence-corrected chi connectivity index (χ1v) is 7.69. The van der Waals surface area contributed by atoms with Crippen molar-refractivity contribution in [2.45, 2.75) is 12.3 Å². The number of sulfone groups is 1. The Morgan fingerprint density at radius 1 is 1.42 bits per heavy atom. The summed E-state index contributed by atoms with van der Waals surface area (Å²) in [5, 5.41) is 8.99. The summed E-state index contributed by atoms with van der Waals surface area (Å²) in [7, 11) is -2.99. The molecule has 6 nitrogen and oxygen atoms in total. The molecule has 3 rings (SSSR count). The molecule has 2 aromatic heterocycles. The topological polar surface area (TPSA) is 88.7 Å². The molecule has 0 amide bonds. The predicted molar refractivity (Wildman–Crippen MR) is 68.2 cm³/mol. The van der Waals surface area contributed by atoms with Crippen LogP contribution in [0.2, 0.25) is 0 Å². The Kier molecular flexibility index (Phi) is 2.60. The summed E-state index contributed by atoms with van der Waals surface area (Å²) in [5.41, 5.74) is 0.928. The average Bonchev–Trinajstić information content (AvgIpc) is 2.91. The standard InChI is InChI=1S/C12H12N2O4S/c15-12(16)8-1-2-10-5-13-11(14(10)6-8)9-3-4-19(17,18)7-9/h1-2,5-6,9H,3-4,7H2,(H,15,16). The summed E-state index contributed by atoms with van der Waals surface area (Å²) in [6.45, 7) is 0. The summed E-state index contributed by atoms with van der Waals surface area (Å²) in [6, 6.07) is 3.18. The van der Waals surface area contributed by atoms with Crippen molar-refractivity contribution < 1.29 is 18.3 Å². The van der Waals surface area contributed by atoms with Crippen molar-refractivity contribution in [3.63, 3.8) is 0 Å². The minimum Gasteiger partial charge on any atom is -0.478 e. The molecule has 0 aromatic carbocycles. The highest BCUT2D eigenvalue weighted by atomic mass is 32.2. The minimum absolute atomic E-state index is 0.0867. The summed E-state index contributed by atoms with van der Waals surface area (Å²) < 4.78 is 24.7. The van der Waals surface area contributed by atoms with Crippen LogP contribution in [0.3, 0.4) is 0 Å². The van der Waals surface area contributed by atoms with Crippen molar-refractivity contribution in [3.05, 3.63) is 35.9 Å². The molecule has 0 bridgehead atoms. The molecule has 0 spiro atoms. The maximum atomic E-state index is 11.5. The monoisotopic (exact) mass is 280 g/mol. The smallest absolute Gasteiger partial charge is 0.337 e. The van der Waals surface area contributed by atoms with E-state index in [-0.39, 0.29) is 23.0 Å².